The van der Waals surface area contributed by atoms with E-state index in [1.54, 1.807) is 19.1 Å². The summed E-state index contributed by atoms with van der Waals surface area (Å²) in [5.41, 5.74) is 1.64. The van der Waals surface area contributed by atoms with Gasteiger partial charge in [0.2, 0.25) is 0 Å². The number of carbonyl (C=O) groups is 1. The largest absolute Gasteiger partial charge is 0.545 e. The maximum Gasteiger partial charge on any atom is 0.0717 e. The van der Waals surface area contributed by atoms with Gasteiger partial charge in [0, 0.05) is 5.56 Å². The summed E-state index contributed by atoms with van der Waals surface area (Å²) in [7, 11) is 0. The molecule has 0 atom stereocenters. The Bertz CT molecular complexity index is 377. The van der Waals surface area contributed by atoms with Crippen LogP contribution in [0.1, 0.15) is 21.5 Å². The van der Waals surface area contributed by atoms with Crippen LogP contribution in [0, 0.1) is 18.3 Å². The minimum atomic E-state index is -1.18. The molecule has 0 unspecified atom stereocenters. The predicted molar refractivity (Wildman–Crippen MR) is 44.8 cm³/mol. The summed E-state index contributed by atoms with van der Waals surface area (Å²) in [6, 6.07) is 6.78. The van der Waals surface area contributed by atoms with Crippen molar-refractivity contribution in [3.8, 4) is 6.07 Å². The second-order valence-corrected chi connectivity index (χ2v) is 2.77. The highest BCUT2D eigenvalue weighted by atomic mass is 16.4. The summed E-state index contributed by atoms with van der Waals surface area (Å²) < 4.78 is 0. The molecule has 0 spiro atoms. The van der Waals surface area contributed by atoms with E-state index in [0.717, 1.165) is 5.56 Å². The fourth-order valence-corrected chi connectivity index (χ4v) is 1.16. The van der Waals surface area contributed by atoms with Crippen molar-refractivity contribution >= 4 is 5.97 Å². The molecular formula is C10H8NO2-. The molecule has 1 rings (SSSR count). The number of nitriles is 1. The number of benzene rings is 1. The lowest BCUT2D eigenvalue weighted by Gasteiger charge is -2.07. The van der Waals surface area contributed by atoms with Crippen molar-refractivity contribution in [1.82, 2.24) is 0 Å². The molecule has 0 aliphatic rings. The van der Waals surface area contributed by atoms with Gasteiger partial charge in [-0.1, -0.05) is 18.2 Å². The molecule has 0 heterocycles. The summed E-state index contributed by atoms with van der Waals surface area (Å²) in [5, 5.41) is 18.9. The first kappa shape index (κ1) is 9.27. The fourth-order valence-electron chi connectivity index (χ4n) is 1.16. The molecule has 0 saturated carbocycles. The molecule has 0 N–H and O–H groups in total. The van der Waals surface area contributed by atoms with Gasteiger partial charge in [0.25, 0.3) is 0 Å². The highest BCUT2D eigenvalue weighted by Crippen LogP contribution is 2.10. The Morgan fingerprint density at radius 1 is 1.62 bits per heavy atom. The van der Waals surface area contributed by atoms with Crippen LogP contribution >= 0.6 is 0 Å². The second-order valence-electron chi connectivity index (χ2n) is 2.77. The smallest absolute Gasteiger partial charge is 0.0717 e. The topological polar surface area (TPSA) is 63.9 Å². The molecule has 0 aliphatic heterocycles. The minimum Gasteiger partial charge on any atom is -0.545 e. The zero-order valence-electron chi connectivity index (χ0n) is 7.20. The highest BCUT2D eigenvalue weighted by Gasteiger charge is 1.99. The van der Waals surface area contributed by atoms with Crippen LogP contribution in [-0.2, 0) is 6.42 Å². The van der Waals surface area contributed by atoms with Gasteiger partial charge >= 0.3 is 0 Å². The van der Waals surface area contributed by atoms with Gasteiger partial charge in [0.15, 0.2) is 0 Å². The number of hydrogen-bond donors (Lipinski definition) is 0. The van der Waals surface area contributed by atoms with Crippen molar-refractivity contribution in [2.75, 3.05) is 0 Å². The third-order valence-corrected chi connectivity index (χ3v) is 1.79. The Kier molecular flexibility index (Phi) is 2.65. The van der Waals surface area contributed by atoms with E-state index in [0.29, 0.717) is 12.0 Å². The predicted octanol–water partition coefficient (Wildman–Crippen LogP) is 0.425. The maximum atomic E-state index is 10.5. The van der Waals surface area contributed by atoms with Crippen molar-refractivity contribution in [2.24, 2.45) is 0 Å². The standard InChI is InChI=1S/C10H9NO2/c1-7-6-8(4-5-11)2-3-9(7)10(12)13/h2-3,6H,4H2,1H3,(H,12,13)/p-1. The zero-order chi connectivity index (χ0) is 9.84. The number of aryl methyl sites for hydroxylation is 1. The third kappa shape index (κ3) is 2.06. The summed E-state index contributed by atoms with van der Waals surface area (Å²) in [5.74, 6) is -1.18. The van der Waals surface area contributed by atoms with Gasteiger partial charge < -0.3 is 9.90 Å². The van der Waals surface area contributed by atoms with Gasteiger partial charge in [0.1, 0.15) is 0 Å². The van der Waals surface area contributed by atoms with Gasteiger partial charge in [-0.05, 0) is 18.1 Å². The van der Waals surface area contributed by atoms with E-state index in [9.17, 15) is 9.90 Å². The van der Waals surface area contributed by atoms with E-state index in [4.69, 9.17) is 5.26 Å². The summed E-state index contributed by atoms with van der Waals surface area (Å²) in [6.45, 7) is 1.69. The summed E-state index contributed by atoms with van der Waals surface area (Å²) in [6.07, 6.45) is 0.300. The van der Waals surface area contributed by atoms with Crippen molar-refractivity contribution in [3.63, 3.8) is 0 Å². The molecule has 3 nitrogen and oxygen atoms in total. The van der Waals surface area contributed by atoms with Crippen molar-refractivity contribution < 1.29 is 9.90 Å². The van der Waals surface area contributed by atoms with Crippen LogP contribution in [-0.4, -0.2) is 5.97 Å². The van der Waals surface area contributed by atoms with E-state index < -0.39 is 5.97 Å². The molecule has 3 heteroatoms. The van der Waals surface area contributed by atoms with Gasteiger partial charge in [-0.3, -0.25) is 0 Å². The number of carboxylic acid groups (broad SMARTS) is 1. The quantitative estimate of drug-likeness (QED) is 0.652. The summed E-state index contributed by atoms with van der Waals surface area (Å²) in [4.78, 5) is 10.5. The molecule has 13 heavy (non-hydrogen) atoms. The van der Waals surface area contributed by atoms with Crippen LogP contribution in [0.15, 0.2) is 18.2 Å². The average molecular weight is 174 g/mol. The van der Waals surface area contributed by atoms with E-state index >= 15 is 0 Å². The van der Waals surface area contributed by atoms with E-state index in [2.05, 4.69) is 0 Å². The van der Waals surface area contributed by atoms with Gasteiger partial charge in [-0.15, -0.1) is 0 Å². The Balaban J connectivity index is 3.07. The van der Waals surface area contributed by atoms with Crippen LogP contribution in [0.25, 0.3) is 0 Å². The van der Waals surface area contributed by atoms with Crippen LogP contribution < -0.4 is 5.11 Å². The molecule has 0 aromatic heterocycles. The second kappa shape index (κ2) is 3.72. The molecule has 0 radical (unpaired) electrons. The molecule has 1 aromatic rings. The fraction of sp³-hybridized carbons (Fsp3) is 0.200. The minimum absolute atomic E-state index is 0.182. The number of carboxylic acids is 1. The lowest BCUT2D eigenvalue weighted by Crippen LogP contribution is -2.23. The maximum absolute atomic E-state index is 10.5. The molecule has 1 aromatic carbocycles. The number of hydrogen-bond acceptors (Lipinski definition) is 3. The molecule has 0 saturated heterocycles. The van der Waals surface area contributed by atoms with E-state index in [-0.39, 0.29) is 5.56 Å². The van der Waals surface area contributed by atoms with E-state index in [1.807, 2.05) is 6.07 Å². The first-order valence-electron chi connectivity index (χ1n) is 3.83. The molecule has 0 fully saturated rings. The van der Waals surface area contributed by atoms with Gasteiger partial charge in [-0.2, -0.15) is 5.26 Å². The molecule has 0 bridgehead atoms. The number of nitrogens with zero attached hydrogens (tertiary/aromatic N) is 1. The van der Waals surface area contributed by atoms with Gasteiger partial charge in [0.05, 0.1) is 18.5 Å². The lowest BCUT2D eigenvalue weighted by atomic mass is 10.0. The Morgan fingerprint density at radius 3 is 2.77 bits per heavy atom. The Labute approximate surface area is 76.2 Å². The first-order chi connectivity index (χ1) is 6.15. The van der Waals surface area contributed by atoms with Crippen LogP contribution in [0.5, 0.6) is 0 Å². The third-order valence-electron chi connectivity index (χ3n) is 1.79. The number of carbonyl (C=O) groups excluding carboxylic acids is 1. The van der Waals surface area contributed by atoms with E-state index in [1.165, 1.54) is 6.07 Å². The molecule has 66 valence electrons. The molecule has 0 aliphatic carbocycles. The highest BCUT2D eigenvalue weighted by molar-refractivity contribution is 5.87. The average Bonchev–Trinajstić information content (AvgIpc) is 2.04. The first-order valence-corrected chi connectivity index (χ1v) is 3.83. The molecular weight excluding hydrogens is 166 g/mol. The van der Waals surface area contributed by atoms with Crippen molar-refractivity contribution in [1.29, 1.82) is 5.26 Å². The Hall–Kier alpha value is -1.82. The normalized spacial score (nSPS) is 9.23. The van der Waals surface area contributed by atoms with Crippen molar-refractivity contribution in [2.45, 2.75) is 13.3 Å². The summed E-state index contributed by atoms with van der Waals surface area (Å²) >= 11 is 0. The monoisotopic (exact) mass is 174 g/mol. The lowest BCUT2D eigenvalue weighted by molar-refractivity contribution is -0.255. The Morgan fingerprint density at radius 2 is 2.31 bits per heavy atom. The molecule has 0 amide bonds. The SMILES string of the molecule is Cc1cc(CC#N)ccc1C(=O)[O-]. The number of aromatic carboxylic acids is 1. The van der Waals surface area contributed by atoms with Crippen LogP contribution in [0.2, 0.25) is 0 Å². The van der Waals surface area contributed by atoms with Gasteiger partial charge in [-0.25, -0.2) is 0 Å². The zero-order valence-corrected chi connectivity index (χ0v) is 7.20. The number of rotatable bonds is 2. The van der Waals surface area contributed by atoms with Crippen molar-refractivity contribution in [3.05, 3.63) is 34.9 Å². The van der Waals surface area contributed by atoms with Crippen LogP contribution in [0.4, 0.5) is 0 Å². The van der Waals surface area contributed by atoms with Crippen LogP contribution in [0.3, 0.4) is 0 Å².